The van der Waals surface area contributed by atoms with Gasteiger partial charge in [0.2, 0.25) is 5.91 Å². The van der Waals surface area contributed by atoms with Gasteiger partial charge >= 0.3 is 0 Å². The maximum atomic E-state index is 11.6. The highest BCUT2D eigenvalue weighted by Gasteiger charge is 2.47. The van der Waals surface area contributed by atoms with Crippen molar-refractivity contribution in [3.8, 4) is 0 Å². The quantitative estimate of drug-likeness (QED) is 0.187. The molecule has 11 nitrogen and oxygen atoms in total. The zero-order valence-corrected chi connectivity index (χ0v) is 17.2. The first kappa shape index (κ1) is 26.1. The minimum Gasteiger partial charge on any atom is -0.394 e. The number of hydrogen-bond acceptors (Lipinski definition) is 10. The van der Waals surface area contributed by atoms with E-state index in [-0.39, 0.29) is 5.41 Å². The molecule has 0 aromatic heterocycles. The minimum atomic E-state index is -1.75. The molecule has 1 rings (SSSR count). The number of carbonyl (C=O) groups excluding carboxylic acids is 1. The molecule has 0 radical (unpaired) electrons. The average molecular weight is 425 g/mol. The third kappa shape index (κ3) is 7.39. The topological polar surface area (TPSA) is 189 Å². The summed E-state index contributed by atoms with van der Waals surface area (Å²) >= 11 is 0. The van der Waals surface area contributed by atoms with Crippen LogP contribution in [0.5, 0.6) is 0 Å². The number of rotatable bonds is 9. The van der Waals surface area contributed by atoms with Crippen molar-refractivity contribution in [3.63, 3.8) is 0 Å². The molecule has 0 aromatic rings. The van der Waals surface area contributed by atoms with Crippen molar-refractivity contribution in [3.05, 3.63) is 0 Å². The first-order chi connectivity index (χ1) is 13.3. The summed E-state index contributed by atoms with van der Waals surface area (Å²) < 4.78 is 10.7. The number of aliphatic hydroxyl groups excluding tert-OH is 7. The smallest absolute Gasteiger partial charge is 0.217 e. The monoisotopic (exact) mass is 425 g/mol. The Morgan fingerprint density at radius 2 is 1.69 bits per heavy atom. The summed E-state index contributed by atoms with van der Waals surface area (Å²) in [4.78, 5) is 11.6. The molecule has 0 saturated carbocycles. The molecular formula is C18H35NO10. The van der Waals surface area contributed by atoms with Crippen LogP contribution in [0.1, 0.15) is 34.1 Å². The van der Waals surface area contributed by atoms with E-state index in [0.717, 1.165) is 0 Å². The van der Waals surface area contributed by atoms with Crippen LogP contribution in [0, 0.1) is 5.41 Å². The number of ether oxygens (including phenoxy) is 2. The summed E-state index contributed by atoms with van der Waals surface area (Å²) in [6, 6.07) is -0.872. The van der Waals surface area contributed by atoms with Gasteiger partial charge in [0.1, 0.15) is 42.7 Å². The van der Waals surface area contributed by atoms with Crippen LogP contribution in [0.4, 0.5) is 0 Å². The molecule has 1 aliphatic rings. The van der Waals surface area contributed by atoms with Crippen molar-refractivity contribution in [1.29, 1.82) is 0 Å². The Bertz CT molecular complexity index is 511. The second-order valence-corrected chi connectivity index (χ2v) is 8.61. The molecule has 8 N–H and O–H groups in total. The van der Waals surface area contributed by atoms with Gasteiger partial charge in [-0.3, -0.25) is 4.79 Å². The summed E-state index contributed by atoms with van der Waals surface area (Å²) in [6.07, 6.45) is -12.3. The second-order valence-electron chi connectivity index (χ2n) is 8.61. The van der Waals surface area contributed by atoms with Crippen LogP contribution < -0.4 is 5.32 Å². The zero-order valence-electron chi connectivity index (χ0n) is 17.2. The Labute approximate surface area is 169 Å². The van der Waals surface area contributed by atoms with Gasteiger partial charge in [-0.05, 0) is 11.8 Å². The first-order valence-corrected chi connectivity index (χ1v) is 9.52. The molecule has 0 aliphatic carbocycles. The van der Waals surface area contributed by atoms with Gasteiger partial charge in [-0.1, -0.05) is 20.8 Å². The van der Waals surface area contributed by atoms with E-state index in [1.807, 2.05) is 20.8 Å². The van der Waals surface area contributed by atoms with Gasteiger partial charge in [-0.15, -0.1) is 0 Å². The summed E-state index contributed by atoms with van der Waals surface area (Å²) in [7, 11) is 0. The Morgan fingerprint density at radius 1 is 1.10 bits per heavy atom. The molecule has 0 spiro atoms. The second kappa shape index (κ2) is 10.9. The molecule has 1 amide bonds. The van der Waals surface area contributed by atoms with Gasteiger partial charge in [-0.2, -0.15) is 0 Å². The Hall–Kier alpha value is -0.890. The molecule has 1 heterocycles. The van der Waals surface area contributed by atoms with Crippen molar-refractivity contribution in [2.45, 2.75) is 89.2 Å². The predicted octanol–water partition coefficient (Wildman–Crippen LogP) is -3.17. The van der Waals surface area contributed by atoms with E-state index in [1.165, 1.54) is 6.92 Å². The van der Waals surface area contributed by atoms with Crippen LogP contribution in [0.25, 0.3) is 0 Å². The summed E-state index contributed by atoms with van der Waals surface area (Å²) in [6.45, 7) is 5.41. The lowest BCUT2D eigenvalue weighted by Crippen LogP contribution is -2.62. The third-order valence-electron chi connectivity index (χ3n) is 4.68. The van der Waals surface area contributed by atoms with E-state index in [0.29, 0.717) is 6.42 Å². The van der Waals surface area contributed by atoms with E-state index in [4.69, 9.17) is 9.47 Å². The van der Waals surface area contributed by atoms with Crippen LogP contribution in [0.15, 0.2) is 0 Å². The minimum absolute atomic E-state index is 0.292. The molecule has 1 saturated heterocycles. The number of aliphatic hydroxyl groups is 7. The van der Waals surface area contributed by atoms with Crippen LogP contribution in [0.2, 0.25) is 0 Å². The fourth-order valence-corrected chi connectivity index (χ4v) is 3.24. The molecular weight excluding hydrogens is 390 g/mol. The summed E-state index contributed by atoms with van der Waals surface area (Å²) in [5, 5.41) is 72.1. The lowest BCUT2D eigenvalue weighted by molar-refractivity contribution is -0.325. The Morgan fingerprint density at radius 3 is 2.14 bits per heavy atom. The maximum Gasteiger partial charge on any atom is 0.217 e. The normalized spacial score (nSPS) is 32.3. The van der Waals surface area contributed by atoms with Gasteiger partial charge < -0.3 is 50.5 Å². The Kier molecular flexibility index (Phi) is 9.86. The highest BCUT2D eigenvalue weighted by atomic mass is 16.7. The van der Waals surface area contributed by atoms with E-state index in [1.54, 1.807) is 0 Å². The van der Waals surface area contributed by atoms with Crippen molar-refractivity contribution < 1.29 is 50.0 Å². The van der Waals surface area contributed by atoms with Gasteiger partial charge in [0, 0.05) is 6.92 Å². The third-order valence-corrected chi connectivity index (χ3v) is 4.68. The van der Waals surface area contributed by atoms with E-state index < -0.39 is 74.2 Å². The van der Waals surface area contributed by atoms with Crippen LogP contribution >= 0.6 is 0 Å². The van der Waals surface area contributed by atoms with Crippen LogP contribution in [-0.4, -0.2) is 110 Å². The Balaban J connectivity index is 3.09. The molecule has 0 bridgehead atoms. The molecule has 9 atom stereocenters. The number of nitrogens with one attached hydrogen (secondary N) is 1. The van der Waals surface area contributed by atoms with Crippen molar-refractivity contribution in [2.75, 3.05) is 13.2 Å². The summed E-state index contributed by atoms with van der Waals surface area (Å²) in [5.41, 5.74) is -0.327. The van der Waals surface area contributed by atoms with Crippen molar-refractivity contribution >= 4 is 5.91 Å². The van der Waals surface area contributed by atoms with Crippen molar-refractivity contribution in [1.82, 2.24) is 5.32 Å². The molecule has 1 aliphatic heterocycles. The molecule has 29 heavy (non-hydrogen) atoms. The standard InChI is InChI=1S/C18H35NO10/c1-8(22)19-9(5-18(2,3)4)12(24)16(10(23)6-20)29-17-15(27)14(26)13(25)11(7-21)28-17/h9-17,20-21,23-27H,5-7H2,1-4H3,(H,19,22)/t9-,10-,11-,12-,13+,14+,15-,16-,17+/m1/s1. The molecule has 11 heteroatoms. The first-order valence-electron chi connectivity index (χ1n) is 9.52. The van der Waals surface area contributed by atoms with Gasteiger partial charge in [0.15, 0.2) is 6.29 Å². The molecule has 0 unspecified atom stereocenters. The van der Waals surface area contributed by atoms with Gasteiger partial charge in [0.25, 0.3) is 0 Å². The molecule has 1 fully saturated rings. The lowest BCUT2D eigenvalue weighted by atomic mass is 9.84. The highest BCUT2D eigenvalue weighted by molar-refractivity contribution is 5.73. The maximum absolute atomic E-state index is 11.6. The van der Waals surface area contributed by atoms with Crippen LogP contribution in [0.3, 0.4) is 0 Å². The van der Waals surface area contributed by atoms with E-state index in [9.17, 15) is 40.5 Å². The fraction of sp³-hybridized carbons (Fsp3) is 0.944. The molecule has 172 valence electrons. The van der Waals surface area contributed by atoms with Gasteiger partial charge in [-0.25, -0.2) is 0 Å². The zero-order chi connectivity index (χ0) is 22.5. The van der Waals surface area contributed by atoms with Crippen LogP contribution in [-0.2, 0) is 14.3 Å². The van der Waals surface area contributed by atoms with E-state index in [2.05, 4.69) is 5.32 Å². The summed E-state index contributed by atoms with van der Waals surface area (Å²) in [5.74, 6) is -0.427. The average Bonchev–Trinajstić information content (AvgIpc) is 2.62. The largest absolute Gasteiger partial charge is 0.394 e. The van der Waals surface area contributed by atoms with Crippen molar-refractivity contribution in [2.24, 2.45) is 5.41 Å². The number of carbonyl (C=O) groups is 1. The predicted molar refractivity (Wildman–Crippen MR) is 99.4 cm³/mol. The SMILES string of the molecule is CC(=O)N[C@H](CC(C)(C)C)[C@@H](O)[C@H](O[C@@H]1O[C@H](CO)[C@H](O)[C@H](O)[C@H]1O)[C@H](O)CO. The van der Waals surface area contributed by atoms with Gasteiger partial charge in [0.05, 0.1) is 19.3 Å². The highest BCUT2D eigenvalue weighted by Crippen LogP contribution is 2.28. The lowest BCUT2D eigenvalue weighted by Gasteiger charge is -2.43. The molecule has 0 aromatic carbocycles. The number of amides is 1. The fourth-order valence-electron chi connectivity index (χ4n) is 3.24. The van der Waals surface area contributed by atoms with E-state index >= 15 is 0 Å². The number of hydrogen-bond donors (Lipinski definition) is 8.